The van der Waals surface area contributed by atoms with E-state index in [4.69, 9.17) is 4.74 Å². The molecule has 1 aliphatic rings. The highest BCUT2D eigenvalue weighted by atomic mass is 16.6. The normalized spacial score (nSPS) is 18.3. The monoisotopic (exact) mass is 361 g/mol. The van der Waals surface area contributed by atoms with Crippen LogP contribution >= 0.6 is 0 Å². The molecule has 1 fully saturated rings. The molecule has 1 aromatic rings. The standard InChI is InChI=1S/C19H26N2O5/c1-19(2,3)26-18(25)21-11-7-10-15(21)16(22)20-14(17(23)24)12-13-8-5-4-6-9-13/h4-6,8-9,14-15H,7,10-12H2,1-3H3,(H,20,22)(H,23,24)/p-1/t14-,15+/m0/s1. The molecule has 1 aliphatic heterocycles. The lowest BCUT2D eigenvalue weighted by Gasteiger charge is -2.29. The van der Waals surface area contributed by atoms with E-state index >= 15 is 0 Å². The number of amides is 2. The van der Waals surface area contributed by atoms with Gasteiger partial charge in [0.25, 0.3) is 0 Å². The van der Waals surface area contributed by atoms with Gasteiger partial charge in [-0.3, -0.25) is 9.69 Å². The van der Waals surface area contributed by atoms with Gasteiger partial charge in [0.05, 0.1) is 12.0 Å². The summed E-state index contributed by atoms with van der Waals surface area (Å²) in [6, 6.07) is 7.09. The summed E-state index contributed by atoms with van der Waals surface area (Å²) in [5.41, 5.74) is 0.110. The second-order valence-corrected chi connectivity index (χ2v) is 7.40. The minimum absolute atomic E-state index is 0.119. The number of rotatable bonds is 5. The van der Waals surface area contributed by atoms with Gasteiger partial charge in [0.2, 0.25) is 5.91 Å². The van der Waals surface area contributed by atoms with Crippen LogP contribution in [0.25, 0.3) is 0 Å². The Labute approximate surface area is 153 Å². The van der Waals surface area contributed by atoms with Gasteiger partial charge in [0, 0.05) is 6.54 Å². The van der Waals surface area contributed by atoms with Gasteiger partial charge in [0.1, 0.15) is 11.6 Å². The maximum absolute atomic E-state index is 12.6. The Hall–Kier alpha value is -2.57. The fraction of sp³-hybridized carbons (Fsp3) is 0.526. The zero-order valence-electron chi connectivity index (χ0n) is 15.4. The summed E-state index contributed by atoms with van der Waals surface area (Å²) in [5, 5.41) is 13.9. The summed E-state index contributed by atoms with van der Waals surface area (Å²) < 4.78 is 5.33. The SMILES string of the molecule is CC(C)(C)OC(=O)N1CCC[C@@H]1C(=O)N[C@@H](Cc1ccccc1)C(=O)[O-]. The number of nitrogens with zero attached hydrogens (tertiary/aromatic N) is 1. The van der Waals surface area contributed by atoms with Crippen molar-refractivity contribution in [1.82, 2.24) is 10.2 Å². The molecule has 0 bridgehead atoms. The van der Waals surface area contributed by atoms with Crippen LogP contribution in [0.5, 0.6) is 0 Å². The highest BCUT2D eigenvalue weighted by Crippen LogP contribution is 2.21. The fourth-order valence-corrected chi connectivity index (χ4v) is 2.89. The zero-order chi connectivity index (χ0) is 19.3. The van der Waals surface area contributed by atoms with E-state index in [-0.39, 0.29) is 6.42 Å². The Morgan fingerprint density at radius 3 is 2.50 bits per heavy atom. The summed E-state index contributed by atoms with van der Waals surface area (Å²) in [7, 11) is 0. The topological polar surface area (TPSA) is 98.8 Å². The first-order valence-electron chi connectivity index (χ1n) is 8.72. The molecule has 2 amide bonds. The molecule has 0 saturated carbocycles. The molecule has 2 rings (SSSR count). The van der Waals surface area contributed by atoms with Crippen molar-refractivity contribution in [3.63, 3.8) is 0 Å². The number of hydrogen-bond acceptors (Lipinski definition) is 5. The molecule has 1 saturated heterocycles. The molecule has 26 heavy (non-hydrogen) atoms. The number of carboxylic acid groups (broad SMARTS) is 1. The molecule has 7 nitrogen and oxygen atoms in total. The molecule has 0 unspecified atom stereocenters. The van der Waals surface area contributed by atoms with Crippen LogP contribution in [0.3, 0.4) is 0 Å². The summed E-state index contributed by atoms with van der Waals surface area (Å²) in [5.74, 6) is -1.86. The zero-order valence-corrected chi connectivity index (χ0v) is 15.4. The van der Waals surface area contributed by atoms with Crippen LogP contribution in [0, 0.1) is 0 Å². The van der Waals surface area contributed by atoms with Crippen LogP contribution in [0.2, 0.25) is 0 Å². The number of aliphatic carboxylic acids is 1. The summed E-state index contributed by atoms with van der Waals surface area (Å²) >= 11 is 0. The summed E-state index contributed by atoms with van der Waals surface area (Å²) in [6.45, 7) is 5.66. The number of carbonyl (C=O) groups excluding carboxylic acids is 3. The second-order valence-electron chi connectivity index (χ2n) is 7.40. The quantitative estimate of drug-likeness (QED) is 0.839. The largest absolute Gasteiger partial charge is 0.548 e. The van der Waals surface area contributed by atoms with Gasteiger partial charge in [-0.15, -0.1) is 0 Å². The second kappa shape index (κ2) is 8.21. The number of likely N-dealkylation sites (tertiary alicyclic amines) is 1. The molecule has 7 heteroatoms. The van der Waals surface area contributed by atoms with E-state index < -0.39 is 35.7 Å². The van der Waals surface area contributed by atoms with Crippen molar-refractivity contribution in [2.45, 2.75) is 57.7 Å². The van der Waals surface area contributed by atoms with E-state index in [9.17, 15) is 19.5 Å². The predicted molar refractivity (Wildman–Crippen MR) is 93.0 cm³/mol. The third-order valence-corrected chi connectivity index (χ3v) is 4.07. The lowest BCUT2D eigenvalue weighted by Crippen LogP contribution is -2.55. The minimum Gasteiger partial charge on any atom is -0.548 e. The lowest BCUT2D eigenvalue weighted by atomic mass is 10.1. The van der Waals surface area contributed by atoms with Crippen molar-refractivity contribution in [3.05, 3.63) is 35.9 Å². The molecule has 0 aromatic heterocycles. The molecular formula is C19H25N2O5-. The number of nitrogens with one attached hydrogen (secondary N) is 1. The molecule has 0 aliphatic carbocycles. The highest BCUT2D eigenvalue weighted by Gasteiger charge is 2.37. The molecule has 142 valence electrons. The van der Waals surface area contributed by atoms with Gasteiger partial charge < -0.3 is 20.0 Å². The van der Waals surface area contributed by atoms with Crippen LogP contribution in [0.1, 0.15) is 39.2 Å². The van der Waals surface area contributed by atoms with E-state index in [2.05, 4.69) is 5.32 Å². The molecule has 0 spiro atoms. The van der Waals surface area contributed by atoms with Crippen molar-refractivity contribution in [2.24, 2.45) is 0 Å². The van der Waals surface area contributed by atoms with Crippen molar-refractivity contribution in [3.8, 4) is 0 Å². The summed E-state index contributed by atoms with van der Waals surface area (Å²) in [6.07, 6.45) is 0.680. The number of hydrogen-bond donors (Lipinski definition) is 1. The molecule has 1 heterocycles. The average Bonchev–Trinajstić information content (AvgIpc) is 3.03. The predicted octanol–water partition coefficient (Wildman–Crippen LogP) is 0.863. The molecule has 1 N–H and O–H groups in total. The van der Waals surface area contributed by atoms with E-state index in [1.165, 1.54) is 4.90 Å². The third-order valence-electron chi connectivity index (χ3n) is 4.07. The maximum atomic E-state index is 12.6. The number of benzene rings is 1. The molecular weight excluding hydrogens is 336 g/mol. The van der Waals surface area contributed by atoms with Crippen LogP contribution in [-0.2, 0) is 20.7 Å². The molecule has 0 radical (unpaired) electrons. The van der Waals surface area contributed by atoms with Gasteiger partial charge in [-0.2, -0.15) is 0 Å². The van der Waals surface area contributed by atoms with Crippen molar-refractivity contribution < 1.29 is 24.2 Å². The number of carbonyl (C=O) groups is 3. The Morgan fingerprint density at radius 2 is 1.92 bits per heavy atom. The van der Waals surface area contributed by atoms with Gasteiger partial charge >= 0.3 is 6.09 Å². The fourth-order valence-electron chi connectivity index (χ4n) is 2.89. The first-order chi connectivity index (χ1) is 12.2. The number of carboxylic acids is 1. The van der Waals surface area contributed by atoms with Crippen LogP contribution < -0.4 is 10.4 Å². The lowest BCUT2D eigenvalue weighted by molar-refractivity contribution is -0.308. The molecule has 1 aromatic carbocycles. The highest BCUT2D eigenvalue weighted by molar-refractivity contribution is 5.89. The first-order valence-corrected chi connectivity index (χ1v) is 8.72. The average molecular weight is 361 g/mol. The van der Waals surface area contributed by atoms with Crippen LogP contribution in [0.15, 0.2) is 30.3 Å². The number of ether oxygens (including phenoxy) is 1. The third kappa shape index (κ3) is 5.47. The van der Waals surface area contributed by atoms with Gasteiger partial charge in [-0.25, -0.2) is 4.79 Å². The summed E-state index contributed by atoms with van der Waals surface area (Å²) in [4.78, 5) is 37.6. The van der Waals surface area contributed by atoms with Crippen LogP contribution in [-0.4, -0.2) is 47.1 Å². The Kier molecular flexibility index (Phi) is 6.23. The Balaban J connectivity index is 2.03. The van der Waals surface area contributed by atoms with Crippen molar-refractivity contribution in [2.75, 3.05) is 6.54 Å². The van der Waals surface area contributed by atoms with Gasteiger partial charge in [-0.05, 0) is 45.6 Å². The van der Waals surface area contributed by atoms with Gasteiger partial charge in [-0.1, -0.05) is 30.3 Å². The van der Waals surface area contributed by atoms with Crippen molar-refractivity contribution >= 4 is 18.0 Å². The van der Waals surface area contributed by atoms with Crippen molar-refractivity contribution in [1.29, 1.82) is 0 Å². The van der Waals surface area contributed by atoms with E-state index in [1.807, 2.05) is 6.07 Å². The first kappa shape index (κ1) is 19.8. The Morgan fingerprint density at radius 1 is 1.27 bits per heavy atom. The van der Waals surface area contributed by atoms with E-state index in [1.54, 1.807) is 45.0 Å². The molecule has 2 atom stereocenters. The van der Waals surface area contributed by atoms with E-state index in [0.717, 1.165) is 5.56 Å². The van der Waals surface area contributed by atoms with E-state index in [0.29, 0.717) is 19.4 Å². The van der Waals surface area contributed by atoms with Crippen LogP contribution in [0.4, 0.5) is 4.79 Å². The smallest absolute Gasteiger partial charge is 0.410 e. The van der Waals surface area contributed by atoms with Gasteiger partial charge in [0.15, 0.2) is 0 Å². The minimum atomic E-state index is -1.36. The maximum Gasteiger partial charge on any atom is 0.410 e. The Bertz CT molecular complexity index is 654.